The fraction of sp³-hybridized carbons (Fsp3) is 0. The monoisotopic (exact) mass is 1210 g/mol. The molecule has 0 unspecified atom stereocenters. The van der Waals surface area contributed by atoms with Gasteiger partial charge in [-0.3, -0.25) is 0 Å². The minimum absolute atomic E-state index is 0. The molecule has 0 aromatic heterocycles. The molecule has 96 valence electrons. The Kier molecular flexibility index (Phi) is 2170. The Morgan fingerprint density at radius 2 is 0.182 bits per heavy atom. The number of hydrogen-bond acceptors (Lipinski definition) is 0. The van der Waals surface area contributed by atoms with Gasteiger partial charge >= 0.3 is 353 Å². The summed E-state index contributed by atoms with van der Waals surface area (Å²) in [4.78, 5) is 0. The van der Waals surface area contributed by atoms with E-state index in [1.807, 2.05) is 0 Å². The Hall–Kier alpha value is 13.8. The van der Waals surface area contributed by atoms with E-state index < -0.39 is 0 Å². The SMILES string of the molecule is [Ba+2].[Ba+2].[Ba+2].[Ba+2].[Ba+2].[O-2].[O-2].[O-2].[O-2].[O-2].[O-2].[P-3].[P-3].[P-3].[P-3].[P-3].[P-3].[Ti+4].[Ti+4].[Ti+4].[Ti+4].[Ti+4]. The van der Waals surface area contributed by atoms with Crippen molar-refractivity contribution in [3.8, 4) is 0 Å². The first-order chi connectivity index (χ1) is 0. The van der Waals surface area contributed by atoms with E-state index in [1.54, 1.807) is 0 Å². The van der Waals surface area contributed by atoms with Gasteiger partial charge in [0.25, 0.3) is 0 Å². The van der Waals surface area contributed by atoms with Crippen molar-refractivity contribution < 1.29 is 141 Å². The normalized spacial score (nSPS) is 0. The molecule has 0 saturated carbocycles. The van der Waals surface area contributed by atoms with Gasteiger partial charge in [-0.05, 0) is 0 Å². The van der Waals surface area contributed by atoms with Crippen LogP contribution >= 0.6 is 59.4 Å². The maximum Gasteiger partial charge on any atom is 4.00 e. The van der Waals surface area contributed by atoms with Crippen LogP contribution in [0.3, 0.4) is 0 Å². The maximum atomic E-state index is 0. The van der Waals surface area contributed by atoms with Gasteiger partial charge in [0.2, 0.25) is 0 Å². The molecule has 0 fully saturated rings. The molecule has 0 amide bonds. The van der Waals surface area contributed by atoms with Crippen LogP contribution in [0.1, 0.15) is 0 Å². The second-order valence-electron chi connectivity index (χ2n) is 0. The summed E-state index contributed by atoms with van der Waals surface area (Å²) in [5.74, 6) is 0. The third-order valence-electron chi connectivity index (χ3n) is 0. The van der Waals surface area contributed by atoms with Crippen molar-refractivity contribution in [3.63, 3.8) is 0 Å². The van der Waals surface area contributed by atoms with Gasteiger partial charge in [0, 0.05) is 0 Å². The van der Waals surface area contributed by atoms with Crippen molar-refractivity contribution in [2.24, 2.45) is 0 Å². The summed E-state index contributed by atoms with van der Waals surface area (Å²) < 4.78 is 0. The summed E-state index contributed by atoms with van der Waals surface area (Å²) in [5, 5.41) is 0. The van der Waals surface area contributed by atoms with E-state index >= 15 is 0 Å². The zero-order chi connectivity index (χ0) is 0. The second kappa shape index (κ2) is 209. The van der Waals surface area contributed by atoms with Crippen LogP contribution in [0.15, 0.2) is 0 Å². The molecular formula is Ba5O6P6Ti5. The average Bonchev–Trinajstić information content (AvgIpc) is 0. The molecule has 0 bridgehead atoms. The van der Waals surface area contributed by atoms with Crippen LogP contribution in [0.2, 0.25) is 0 Å². The van der Waals surface area contributed by atoms with E-state index in [4.69, 9.17) is 0 Å². The first kappa shape index (κ1) is 228. The van der Waals surface area contributed by atoms with Crippen LogP contribution in [-0.2, 0) is 141 Å². The van der Waals surface area contributed by atoms with Crippen molar-refractivity contribution in [1.82, 2.24) is 0 Å². The van der Waals surface area contributed by atoms with Crippen LogP contribution in [0.25, 0.3) is 0 Å². The first-order valence-electron chi connectivity index (χ1n) is 0. The molecule has 0 heterocycles. The molecule has 0 spiro atoms. The maximum absolute atomic E-state index is 0. The molecule has 0 aliphatic carbocycles. The molecule has 0 N–H and O–H groups in total. The molecule has 6 nitrogen and oxygen atoms in total. The molecular weight excluding hydrogens is 1210 g/mol. The van der Waals surface area contributed by atoms with Crippen LogP contribution in [0.5, 0.6) is 0 Å². The van der Waals surface area contributed by atoms with E-state index in [2.05, 4.69) is 0 Å². The Morgan fingerprint density at radius 3 is 0.182 bits per heavy atom. The van der Waals surface area contributed by atoms with Gasteiger partial charge in [-0.15, -0.1) is 0 Å². The number of hydrogen-bond donors (Lipinski definition) is 0. The summed E-state index contributed by atoms with van der Waals surface area (Å²) in [6.45, 7) is 0. The van der Waals surface area contributed by atoms with Crippen molar-refractivity contribution >= 4 is 304 Å². The van der Waals surface area contributed by atoms with E-state index in [9.17, 15) is 0 Å². The van der Waals surface area contributed by atoms with Gasteiger partial charge in [0.1, 0.15) is 0 Å². The fourth-order valence-electron chi connectivity index (χ4n) is 0. The smallest absolute Gasteiger partial charge is 3.00 e. The zero-order valence-corrected chi connectivity index (χ0v) is 46.5. The zero-order valence-electron chi connectivity index (χ0n) is 11.2. The molecule has 0 atom stereocenters. The third kappa shape index (κ3) is 191. The molecule has 0 saturated heterocycles. The molecule has 0 radical (unpaired) electrons. The number of rotatable bonds is 0. The molecule has 0 aliphatic heterocycles. The summed E-state index contributed by atoms with van der Waals surface area (Å²) >= 11 is 0. The summed E-state index contributed by atoms with van der Waals surface area (Å²) in [6.07, 6.45) is 0. The predicted molar refractivity (Wildman–Crippen MR) is 74.4 cm³/mol. The Balaban J connectivity index is 0. The Bertz CT molecular complexity index is 43.9. The van der Waals surface area contributed by atoms with Crippen LogP contribution in [0, 0.1) is 0 Å². The topological polar surface area (TPSA) is 171 Å². The fourth-order valence-corrected chi connectivity index (χ4v) is 0. The summed E-state index contributed by atoms with van der Waals surface area (Å²) in [5.41, 5.74) is 0. The van der Waals surface area contributed by atoms with Gasteiger partial charge in [0.05, 0.1) is 0 Å². The molecule has 0 aliphatic rings. The standard InChI is InChI=1S/5Ba.6O.6P.5Ti/q5*+2;6*-2;6*-3;5*+4. The first-order valence-corrected chi connectivity index (χ1v) is 0. The van der Waals surface area contributed by atoms with Crippen LogP contribution in [-0.4, -0.2) is 244 Å². The molecule has 0 aromatic rings. The van der Waals surface area contributed by atoms with Gasteiger partial charge in [0.15, 0.2) is 0 Å². The van der Waals surface area contributed by atoms with Crippen molar-refractivity contribution in [1.29, 1.82) is 0 Å². The van der Waals surface area contributed by atoms with Crippen LogP contribution in [0.4, 0.5) is 0 Å². The molecule has 22 heteroatoms. The third-order valence-corrected chi connectivity index (χ3v) is 0. The van der Waals surface area contributed by atoms with Crippen molar-refractivity contribution in [2.75, 3.05) is 0 Å². The quantitative estimate of drug-likeness (QED) is 0.257. The molecule has 0 aromatic carbocycles. The van der Waals surface area contributed by atoms with E-state index in [1.165, 1.54) is 0 Å². The second-order valence-corrected chi connectivity index (χ2v) is 0. The van der Waals surface area contributed by atoms with Gasteiger partial charge in [-0.2, -0.15) is 0 Å². The van der Waals surface area contributed by atoms with E-state index in [-0.39, 0.29) is 445 Å². The minimum atomic E-state index is 0. The average molecular weight is 1210 g/mol. The molecule has 0 rings (SSSR count). The van der Waals surface area contributed by atoms with Gasteiger partial charge in [-0.1, -0.05) is 0 Å². The minimum Gasteiger partial charge on any atom is -3.00 e. The van der Waals surface area contributed by atoms with E-state index in [0.717, 1.165) is 0 Å². The predicted octanol–water partition coefficient (Wildman–Crippen LogP) is 2.54. The van der Waals surface area contributed by atoms with Gasteiger partial charge < -0.3 is 92.3 Å². The van der Waals surface area contributed by atoms with Crippen molar-refractivity contribution in [3.05, 3.63) is 0 Å². The van der Waals surface area contributed by atoms with E-state index in [0.29, 0.717) is 0 Å². The van der Waals surface area contributed by atoms with Crippen molar-refractivity contribution in [2.45, 2.75) is 0 Å². The Morgan fingerprint density at radius 1 is 0.182 bits per heavy atom. The van der Waals surface area contributed by atoms with Crippen LogP contribution < -0.4 is 0 Å². The Labute approximate surface area is 431 Å². The largest absolute Gasteiger partial charge is 4.00 e. The summed E-state index contributed by atoms with van der Waals surface area (Å²) in [7, 11) is 0. The molecule has 22 heavy (non-hydrogen) atoms. The summed E-state index contributed by atoms with van der Waals surface area (Å²) in [6, 6.07) is 0. The van der Waals surface area contributed by atoms with Gasteiger partial charge in [-0.25, -0.2) is 0 Å².